The Kier molecular flexibility index (Phi) is 4.26. The van der Waals surface area contributed by atoms with Crippen molar-refractivity contribution in [3.63, 3.8) is 0 Å². The summed E-state index contributed by atoms with van der Waals surface area (Å²) in [6.45, 7) is 4.35. The van der Waals surface area contributed by atoms with Crippen molar-refractivity contribution < 1.29 is 14.0 Å². The maximum Gasteiger partial charge on any atom is 0.257 e. The van der Waals surface area contributed by atoms with Crippen LogP contribution in [0.15, 0.2) is 41.3 Å². The van der Waals surface area contributed by atoms with Gasteiger partial charge in [-0.1, -0.05) is 0 Å². The Morgan fingerprint density at radius 3 is 2.77 bits per heavy atom. The molecule has 6 heteroatoms. The maximum absolute atomic E-state index is 13.2. The fourth-order valence-corrected chi connectivity index (χ4v) is 4.21. The van der Waals surface area contributed by atoms with Crippen LogP contribution >= 0.6 is 0 Å². The average Bonchev–Trinajstić information content (AvgIpc) is 3.21. The maximum atomic E-state index is 13.2. The highest BCUT2D eigenvalue weighted by Crippen LogP contribution is 2.41. The van der Waals surface area contributed by atoms with E-state index >= 15 is 0 Å². The van der Waals surface area contributed by atoms with Gasteiger partial charge in [0.2, 0.25) is 5.91 Å². The number of pyridine rings is 1. The fraction of sp³-hybridized carbons (Fsp3) is 0.450. The molecule has 0 saturated carbocycles. The monoisotopic (exact) mass is 353 g/mol. The number of carbonyl (C=O) groups is 2. The first kappa shape index (κ1) is 16.8. The van der Waals surface area contributed by atoms with Gasteiger partial charge >= 0.3 is 0 Å². The first-order chi connectivity index (χ1) is 12.6. The largest absolute Gasteiger partial charge is 0.469 e. The Morgan fingerprint density at radius 2 is 2.04 bits per heavy atom. The molecule has 0 aromatic carbocycles. The third-order valence-corrected chi connectivity index (χ3v) is 5.68. The minimum Gasteiger partial charge on any atom is -0.469 e. The highest BCUT2D eigenvalue weighted by molar-refractivity contribution is 5.96. The Morgan fingerprint density at radius 1 is 1.23 bits per heavy atom. The summed E-state index contributed by atoms with van der Waals surface area (Å²) in [4.78, 5) is 33.8. The minimum atomic E-state index is -0.432. The van der Waals surface area contributed by atoms with E-state index in [0.29, 0.717) is 31.0 Å². The summed E-state index contributed by atoms with van der Waals surface area (Å²) in [5, 5.41) is 0. The summed E-state index contributed by atoms with van der Waals surface area (Å²) < 4.78 is 5.27. The van der Waals surface area contributed by atoms with E-state index in [9.17, 15) is 9.59 Å². The highest BCUT2D eigenvalue weighted by Gasteiger charge is 2.49. The quantitative estimate of drug-likeness (QED) is 0.851. The summed E-state index contributed by atoms with van der Waals surface area (Å²) in [5.41, 5.74) is 1.25. The Labute approximate surface area is 152 Å². The van der Waals surface area contributed by atoms with Gasteiger partial charge in [0, 0.05) is 38.6 Å². The van der Waals surface area contributed by atoms with Gasteiger partial charge in [0.05, 0.1) is 17.2 Å². The van der Waals surface area contributed by atoms with E-state index in [-0.39, 0.29) is 11.8 Å². The Balaban J connectivity index is 1.49. The van der Waals surface area contributed by atoms with Crippen molar-refractivity contribution in [2.45, 2.75) is 32.7 Å². The minimum absolute atomic E-state index is 0.0318. The second kappa shape index (κ2) is 6.59. The average molecular weight is 353 g/mol. The van der Waals surface area contributed by atoms with Crippen molar-refractivity contribution in [1.82, 2.24) is 14.8 Å². The number of aryl methyl sites for hydroxylation is 1. The van der Waals surface area contributed by atoms with Crippen molar-refractivity contribution in [3.05, 3.63) is 53.7 Å². The molecular formula is C20H23N3O3. The molecule has 0 radical (unpaired) electrons. The zero-order valence-corrected chi connectivity index (χ0v) is 15.0. The molecule has 136 valence electrons. The van der Waals surface area contributed by atoms with Crippen LogP contribution in [0.3, 0.4) is 0 Å². The van der Waals surface area contributed by atoms with Gasteiger partial charge in [0.1, 0.15) is 5.76 Å². The molecule has 2 aliphatic heterocycles. The lowest BCUT2D eigenvalue weighted by Crippen LogP contribution is -2.49. The van der Waals surface area contributed by atoms with Crippen molar-refractivity contribution in [2.24, 2.45) is 5.41 Å². The molecule has 4 rings (SSSR count). The number of likely N-dealkylation sites (tertiary alicyclic amines) is 2. The van der Waals surface area contributed by atoms with Crippen LogP contribution in [0.1, 0.15) is 40.9 Å². The predicted molar refractivity (Wildman–Crippen MR) is 95.3 cm³/mol. The standard InChI is InChI=1S/C20H23N3O3/c1-15-17(5-12-26-15)18(24)23-10-2-6-20(14-23)7-11-22(19(20)25)13-16-3-8-21-9-4-16/h3-5,8-9,12H,2,6-7,10-11,13-14H2,1H3/t20-/m0/s1. The van der Waals surface area contributed by atoms with Crippen LogP contribution in [-0.2, 0) is 11.3 Å². The van der Waals surface area contributed by atoms with E-state index in [1.807, 2.05) is 21.9 Å². The molecule has 2 aromatic heterocycles. The molecule has 0 unspecified atom stereocenters. The van der Waals surface area contributed by atoms with Crippen molar-refractivity contribution in [1.29, 1.82) is 0 Å². The van der Waals surface area contributed by atoms with E-state index in [4.69, 9.17) is 4.42 Å². The number of amides is 2. The number of hydrogen-bond acceptors (Lipinski definition) is 4. The lowest BCUT2D eigenvalue weighted by atomic mass is 9.78. The summed E-state index contributed by atoms with van der Waals surface area (Å²) in [6, 6.07) is 5.60. The van der Waals surface area contributed by atoms with Crippen LogP contribution in [-0.4, -0.2) is 46.2 Å². The fourth-order valence-electron chi connectivity index (χ4n) is 4.21. The van der Waals surface area contributed by atoms with Gasteiger partial charge in [-0.05, 0) is 49.9 Å². The third-order valence-electron chi connectivity index (χ3n) is 5.68. The van der Waals surface area contributed by atoms with Gasteiger partial charge in [-0.3, -0.25) is 14.6 Å². The number of aromatic nitrogens is 1. The SMILES string of the molecule is Cc1occc1C(=O)N1CCC[C@]2(CCN(Cc3ccncc3)C2=O)C1. The van der Waals surface area contributed by atoms with Crippen molar-refractivity contribution in [2.75, 3.05) is 19.6 Å². The third kappa shape index (κ3) is 2.89. The van der Waals surface area contributed by atoms with Gasteiger partial charge in [-0.15, -0.1) is 0 Å². The molecule has 4 heterocycles. The lowest BCUT2D eigenvalue weighted by Gasteiger charge is -2.39. The number of rotatable bonds is 3. The first-order valence-corrected chi connectivity index (χ1v) is 9.11. The molecule has 26 heavy (non-hydrogen) atoms. The second-order valence-corrected chi connectivity index (χ2v) is 7.33. The van der Waals surface area contributed by atoms with Crippen LogP contribution in [0.4, 0.5) is 0 Å². The van der Waals surface area contributed by atoms with Crippen molar-refractivity contribution >= 4 is 11.8 Å². The lowest BCUT2D eigenvalue weighted by molar-refractivity contribution is -0.138. The van der Waals surface area contributed by atoms with E-state index in [1.54, 1.807) is 31.6 Å². The zero-order valence-electron chi connectivity index (χ0n) is 15.0. The smallest absolute Gasteiger partial charge is 0.257 e. The van der Waals surface area contributed by atoms with E-state index in [1.165, 1.54) is 0 Å². The van der Waals surface area contributed by atoms with Crippen LogP contribution in [0.2, 0.25) is 0 Å². The summed E-state index contributed by atoms with van der Waals surface area (Å²) in [6.07, 6.45) is 7.56. The summed E-state index contributed by atoms with van der Waals surface area (Å²) in [7, 11) is 0. The second-order valence-electron chi connectivity index (χ2n) is 7.33. The molecule has 2 fully saturated rings. The molecular weight excluding hydrogens is 330 g/mol. The molecule has 6 nitrogen and oxygen atoms in total. The van der Waals surface area contributed by atoms with Crippen LogP contribution < -0.4 is 0 Å². The van der Waals surface area contributed by atoms with E-state index in [0.717, 1.165) is 31.4 Å². The Hall–Kier alpha value is -2.63. The number of carbonyl (C=O) groups excluding carboxylic acids is 2. The topological polar surface area (TPSA) is 66.7 Å². The van der Waals surface area contributed by atoms with E-state index < -0.39 is 5.41 Å². The van der Waals surface area contributed by atoms with Gasteiger partial charge in [-0.2, -0.15) is 0 Å². The van der Waals surface area contributed by atoms with Gasteiger partial charge in [-0.25, -0.2) is 0 Å². The number of furan rings is 1. The van der Waals surface area contributed by atoms with Crippen molar-refractivity contribution in [3.8, 4) is 0 Å². The molecule has 2 amide bonds. The highest BCUT2D eigenvalue weighted by atomic mass is 16.3. The molecule has 2 saturated heterocycles. The summed E-state index contributed by atoms with van der Waals surface area (Å²) >= 11 is 0. The molecule has 2 aliphatic rings. The zero-order chi connectivity index (χ0) is 18.1. The Bertz CT molecular complexity index is 817. The molecule has 0 N–H and O–H groups in total. The van der Waals surface area contributed by atoms with Crippen LogP contribution in [0.5, 0.6) is 0 Å². The van der Waals surface area contributed by atoms with Gasteiger partial charge in [0.15, 0.2) is 0 Å². The molecule has 0 aliphatic carbocycles. The first-order valence-electron chi connectivity index (χ1n) is 9.11. The predicted octanol–water partition coefficient (Wildman–Crippen LogP) is 2.64. The number of piperidine rings is 1. The molecule has 1 spiro atoms. The molecule has 1 atom stereocenters. The summed E-state index contributed by atoms with van der Waals surface area (Å²) in [5.74, 6) is 0.776. The van der Waals surface area contributed by atoms with E-state index in [2.05, 4.69) is 4.98 Å². The normalized spacial score (nSPS) is 23.0. The molecule has 0 bridgehead atoms. The van der Waals surface area contributed by atoms with Gasteiger partial charge in [0.25, 0.3) is 5.91 Å². The van der Waals surface area contributed by atoms with Crippen LogP contribution in [0.25, 0.3) is 0 Å². The molecule has 2 aromatic rings. The number of hydrogen-bond donors (Lipinski definition) is 0. The van der Waals surface area contributed by atoms with Crippen LogP contribution in [0, 0.1) is 12.3 Å². The van der Waals surface area contributed by atoms with Gasteiger partial charge < -0.3 is 14.2 Å². The number of nitrogens with zero attached hydrogens (tertiary/aromatic N) is 3.